The van der Waals surface area contributed by atoms with Gasteiger partial charge in [-0.2, -0.15) is 0 Å². The van der Waals surface area contributed by atoms with E-state index in [0.29, 0.717) is 28.5 Å². The highest BCUT2D eigenvalue weighted by atomic mass is 35.5. The molecule has 142 valence electrons. The highest BCUT2D eigenvalue weighted by molar-refractivity contribution is 7.99. The van der Waals surface area contributed by atoms with E-state index in [1.54, 1.807) is 23.9 Å². The van der Waals surface area contributed by atoms with E-state index in [4.69, 9.17) is 11.6 Å². The summed E-state index contributed by atoms with van der Waals surface area (Å²) in [4.78, 5) is 17.4. The van der Waals surface area contributed by atoms with Gasteiger partial charge in [0.2, 0.25) is 0 Å². The Labute approximate surface area is 164 Å². The Morgan fingerprint density at radius 2 is 2.23 bits per heavy atom. The standard InChI is InChI=1S/C20H27ClN2O2S/c1-2-7-26-19-14(4-6-17(21)23-19)18(24)22-16-5-3-12-8-13-10-20(25,9-12)11-15(13)16/h4,6,12-13,15-16,25H,2-3,5,7-11H2,1H3,(H,22,24)/t12?,13?,15?,16-,20-/m0/s1. The topological polar surface area (TPSA) is 62.2 Å². The van der Waals surface area contributed by atoms with Gasteiger partial charge in [-0.15, -0.1) is 11.8 Å². The Kier molecular flexibility index (Phi) is 5.23. The van der Waals surface area contributed by atoms with Crippen molar-refractivity contribution < 1.29 is 9.90 Å². The van der Waals surface area contributed by atoms with E-state index >= 15 is 0 Å². The molecule has 3 saturated carbocycles. The first-order valence-corrected chi connectivity index (χ1v) is 11.2. The average Bonchev–Trinajstić information content (AvgIpc) is 2.78. The number of thioether (sulfide) groups is 1. The third-order valence-corrected chi connectivity index (χ3v) is 7.81. The van der Waals surface area contributed by atoms with Crippen LogP contribution in [0.1, 0.15) is 62.2 Å². The fourth-order valence-corrected chi connectivity index (χ4v) is 6.52. The number of carbonyl (C=O) groups is 1. The SMILES string of the molecule is CCCSc1nc(Cl)ccc1C(=O)N[C@H]1CCC2CC3C[C@@](O)(C2)CC31. The number of rotatable bonds is 5. The van der Waals surface area contributed by atoms with E-state index in [0.717, 1.165) is 49.3 Å². The Bertz CT molecular complexity index is 700. The van der Waals surface area contributed by atoms with Gasteiger partial charge < -0.3 is 10.4 Å². The number of amides is 1. The molecular weight excluding hydrogens is 368 g/mol. The first-order chi connectivity index (χ1) is 12.5. The van der Waals surface area contributed by atoms with Gasteiger partial charge in [0, 0.05) is 6.04 Å². The van der Waals surface area contributed by atoms with Gasteiger partial charge in [0.15, 0.2) is 0 Å². The lowest BCUT2D eigenvalue weighted by Crippen LogP contribution is -2.42. The summed E-state index contributed by atoms with van der Waals surface area (Å²) in [5.41, 5.74) is 0.140. The van der Waals surface area contributed by atoms with Crippen molar-refractivity contribution in [2.75, 3.05) is 5.75 Å². The van der Waals surface area contributed by atoms with E-state index in [-0.39, 0.29) is 11.9 Å². The maximum absolute atomic E-state index is 13.0. The normalized spacial score (nSPS) is 35.3. The summed E-state index contributed by atoms with van der Waals surface area (Å²) in [6, 6.07) is 3.64. The van der Waals surface area contributed by atoms with Gasteiger partial charge in [0.1, 0.15) is 10.2 Å². The van der Waals surface area contributed by atoms with Crippen molar-refractivity contribution in [3.05, 3.63) is 22.8 Å². The fourth-order valence-electron chi connectivity index (χ4n) is 5.45. The van der Waals surface area contributed by atoms with Crippen LogP contribution in [0.25, 0.3) is 0 Å². The van der Waals surface area contributed by atoms with E-state index in [1.807, 2.05) is 0 Å². The van der Waals surface area contributed by atoms with E-state index < -0.39 is 5.60 Å². The number of hydrogen-bond acceptors (Lipinski definition) is 4. The molecule has 0 radical (unpaired) electrons. The quantitative estimate of drug-likeness (QED) is 0.577. The van der Waals surface area contributed by atoms with Crippen LogP contribution < -0.4 is 5.32 Å². The van der Waals surface area contributed by atoms with Crippen LogP contribution in [0.3, 0.4) is 0 Å². The minimum atomic E-state index is -0.481. The molecule has 4 nitrogen and oxygen atoms in total. The Morgan fingerprint density at radius 1 is 1.38 bits per heavy atom. The van der Waals surface area contributed by atoms with Gasteiger partial charge in [-0.05, 0) is 80.6 Å². The second-order valence-electron chi connectivity index (χ2n) is 8.35. The minimum Gasteiger partial charge on any atom is -0.390 e. The van der Waals surface area contributed by atoms with Gasteiger partial charge in [-0.3, -0.25) is 4.79 Å². The highest BCUT2D eigenvalue weighted by Crippen LogP contribution is 2.55. The predicted molar refractivity (Wildman–Crippen MR) is 105 cm³/mol. The maximum Gasteiger partial charge on any atom is 0.254 e. The lowest BCUT2D eigenvalue weighted by Gasteiger charge is -2.33. The molecule has 3 aliphatic carbocycles. The van der Waals surface area contributed by atoms with Gasteiger partial charge >= 0.3 is 0 Å². The molecule has 5 atom stereocenters. The van der Waals surface area contributed by atoms with Crippen molar-refractivity contribution in [2.24, 2.45) is 17.8 Å². The summed E-state index contributed by atoms with van der Waals surface area (Å²) in [6.45, 7) is 2.11. The van der Waals surface area contributed by atoms with Crippen LogP contribution in [0.4, 0.5) is 0 Å². The zero-order chi connectivity index (χ0) is 18.3. The summed E-state index contributed by atoms with van der Waals surface area (Å²) in [5.74, 6) is 2.45. The monoisotopic (exact) mass is 394 g/mol. The molecule has 3 bridgehead atoms. The van der Waals surface area contributed by atoms with E-state index in [2.05, 4.69) is 17.2 Å². The summed E-state index contributed by atoms with van der Waals surface area (Å²) in [7, 11) is 0. The molecule has 6 heteroatoms. The Morgan fingerprint density at radius 3 is 3.04 bits per heavy atom. The minimum absolute atomic E-state index is 0.0500. The number of fused-ring (bicyclic) bond motifs is 2. The van der Waals surface area contributed by atoms with Gasteiger partial charge in [-0.25, -0.2) is 4.98 Å². The van der Waals surface area contributed by atoms with Crippen molar-refractivity contribution in [3.63, 3.8) is 0 Å². The zero-order valence-corrected chi connectivity index (χ0v) is 16.8. The third-order valence-electron chi connectivity index (χ3n) is 6.40. The van der Waals surface area contributed by atoms with Crippen LogP contribution in [0.15, 0.2) is 17.2 Å². The number of pyridine rings is 1. The van der Waals surface area contributed by atoms with Gasteiger partial charge in [-0.1, -0.05) is 18.5 Å². The first-order valence-electron chi connectivity index (χ1n) is 9.80. The molecule has 1 aromatic heterocycles. The molecule has 26 heavy (non-hydrogen) atoms. The average molecular weight is 395 g/mol. The molecule has 0 spiro atoms. The molecule has 1 aromatic rings. The predicted octanol–water partition coefficient (Wildman–Crippen LogP) is 4.30. The molecule has 1 heterocycles. The lowest BCUT2D eigenvalue weighted by atomic mass is 9.77. The molecule has 3 unspecified atom stereocenters. The summed E-state index contributed by atoms with van der Waals surface area (Å²) < 4.78 is 0. The van der Waals surface area contributed by atoms with Crippen LogP contribution in [0.5, 0.6) is 0 Å². The first kappa shape index (κ1) is 18.6. The fraction of sp³-hybridized carbons (Fsp3) is 0.700. The summed E-state index contributed by atoms with van der Waals surface area (Å²) >= 11 is 7.62. The van der Waals surface area contributed by atoms with Gasteiger partial charge in [0.25, 0.3) is 5.91 Å². The zero-order valence-electron chi connectivity index (χ0n) is 15.2. The number of hydrogen-bond donors (Lipinski definition) is 2. The molecule has 1 amide bonds. The van der Waals surface area contributed by atoms with E-state index in [1.165, 1.54) is 6.42 Å². The Hall–Kier alpha value is -0.780. The number of nitrogens with one attached hydrogen (secondary N) is 1. The van der Waals surface area contributed by atoms with E-state index in [9.17, 15) is 9.90 Å². The summed E-state index contributed by atoms with van der Waals surface area (Å²) in [5, 5.41) is 15.3. The van der Waals surface area contributed by atoms with Crippen LogP contribution in [0, 0.1) is 17.8 Å². The maximum atomic E-state index is 13.0. The molecule has 0 aromatic carbocycles. The van der Waals surface area contributed by atoms with Gasteiger partial charge in [0.05, 0.1) is 11.2 Å². The molecule has 0 saturated heterocycles. The third kappa shape index (κ3) is 3.63. The van der Waals surface area contributed by atoms with Crippen molar-refractivity contribution >= 4 is 29.3 Å². The van der Waals surface area contributed by atoms with Crippen molar-refractivity contribution in [1.82, 2.24) is 10.3 Å². The molecule has 4 rings (SSSR count). The van der Waals surface area contributed by atoms with Crippen LogP contribution in [-0.2, 0) is 0 Å². The number of aliphatic hydroxyl groups is 1. The molecular formula is C20H27ClN2O2S. The number of nitrogens with zero attached hydrogens (tertiary/aromatic N) is 1. The van der Waals surface area contributed by atoms with Crippen molar-refractivity contribution in [2.45, 2.75) is 68.5 Å². The molecule has 2 N–H and O–H groups in total. The van der Waals surface area contributed by atoms with Crippen molar-refractivity contribution in [3.8, 4) is 0 Å². The summed E-state index contributed by atoms with van der Waals surface area (Å²) in [6.07, 6.45) is 7.09. The van der Waals surface area contributed by atoms with Crippen LogP contribution in [0.2, 0.25) is 5.15 Å². The smallest absolute Gasteiger partial charge is 0.254 e. The second-order valence-corrected chi connectivity index (χ2v) is 9.83. The molecule has 0 aliphatic heterocycles. The number of halogens is 1. The molecule has 3 aliphatic rings. The van der Waals surface area contributed by atoms with Crippen LogP contribution >= 0.6 is 23.4 Å². The lowest BCUT2D eigenvalue weighted by molar-refractivity contribution is -0.00594. The molecule has 3 fully saturated rings. The Balaban J connectivity index is 1.52. The van der Waals surface area contributed by atoms with Crippen molar-refractivity contribution in [1.29, 1.82) is 0 Å². The largest absolute Gasteiger partial charge is 0.390 e. The number of carbonyl (C=O) groups excluding carboxylic acids is 1. The van der Waals surface area contributed by atoms with Crippen LogP contribution in [-0.4, -0.2) is 33.4 Å². The number of aromatic nitrogens is 1. The second kappa shape index (κ2) is 7.33. The highest BCUT2D eigenvalue weighted by Gasteiger charge is 2.53.